The molecule has 2 aromatic rings. The van der Waals surface area contributed by atoms with E-state index in [0.717, 1.165) is 24.8 Å². The first kappa shape index (κ1) is 17.5. The van der Waals surface area contributed by atoms with Crippen LogP contribution in [0.1, 0.15) is 35.2 Å². The molecule has 1 aliphatic carbocycles. The molecule has 6 heteroatoms. The number of ether oxygens (including phenoxy) is 1. The van der Waals surface area contributed by atoms with Gasteiger partial charge < -0.3 is 14.7 Å². The van der Waals surface area contributed by atoms with Gasteiger partial charge in [0, 0.05) is 36.6 Å². The first-order valence-electron chi connectivity index (χ1n) is 9.21. The molecule has 140 valence electrons. The second-order valence-corrected chi connectivity index (χ2v) is 7.43. The largest absolute Gasteiger partial charge is 0.489 e. The van der Waals surface area contributed by atoms with Gasteiger partial charge >= 0.3 is 5.97 Å². The number of hydrogen-bond donors (Lipinski definition) is 1. The first-order valence-corrected chi connectivity index (χ1v) is 9.21. The van der Waals surface area contributed by atoms with Crippen LogP contribution in [0.4, 0.5) is 0 Å². The summed E-state index contributed by atoms with van der Waals surface area (Å²) in [5.41, 5.74) is 1.49. The molecule has 2 fully saturated rings. The zero-order chi connectivity index (χ0) is 18.9. The van der Waals surface area contributed by atoms with Crippen molar-refractivity contribution in [3.8, 4) is 5.75 Å². The van der Waals surface area contributed by atoms with Gasteiger partial charge in [-0.1, -0.05) is 12.1 Å². The standard InChI is InChI=1S/C21H22N2O4/c24-19(23-9-6-21(7-10-23)12-18(21)20(25)26)16-4-1-5-17(11-16)27-14-15-3-2-8-22-13-15/h1-5,8,11,13,18H,6-7,9-10,12,14H2,(H,25,26). The summed E-state index contributed by atoms with van der Waals surface area (Å²) in [5, 5.41) is 9.19. The van der Waals surface area contributed by atoms with Gasteiger partial charge in [0.1, 0.15) is 12.4 Å². The van der Waals surface area contributed by atoms with Crippen molar-refractivity contribution >= 4 is 11.9 Å². The Bertz CT molecular complexity index is 844. The van der Waals surface area contributed by atoms with Crippen LogP contribution in [0, 0.1) is 11.3 Å². The highest BCUT2D eigenvalue weighted by Crippen LogP contribution is 2.59. The van der Waals surface area contributed by atoms with Gasteiger partial charge in [0.05, 0.1) is 5.92 Å². The number of nitrogens with zero attached hydrogens (tertiary/aromatic N) is 2. The van der Waals surface area contributed by atoms with E-state index in [-0.39, 0.29) is 17.2 Å². The van der Waals surface area contributed by atoms with Crippen LogP contribution < -0.4 is 4.74 Å². The number of carbonyl (C=O) groups is 2. The Labute approximate surface area is 157 Å². The van der Waals surface area contributed by atoms with Crippen molar-refractivity contribution in [3.63, 3.8) is 0 Å². The van der Waals surface area contributed by atoms with E-state index in [1.165, 1.54) is 0 Å². The van der Waals surface area contributed by atoms with E-state index in [4.69, 9.17) is 4.74 Å². The highest BCUT2D eigenvalue weighted by Gasteiger charge is 2.59. The Balaban J connectivity index is 1.36. The number of pyridine rings is 1. The van der Waals surface area contributed by atoms with Crippen molar-refractivity contribution in [2.24, 2.45) is 11.3 Å². The van der Waals surface area contributed by atoms with E-state index >= 15 is 0 Å². The molecule has 1 aliphatic heterocycles. The molecule has 1 aromatic heterocycles. The first-order chi connectivity index (χ1) is 13.1. The Morgan fingerprint density at radius 3 is 2.70 bits per heavy atom. The summed E-state index contributed by atoms with van der Waals surface area (Å²) >= 11 is 0. The number of benzene rings is 1. The number of carbonyl (C=O) groups excluding carboxylic acids is 1. The van der Waals surface area contributed by atoms with Crippen LogP contribution >= 0.6 is 0 Å². The molecule has 1 amide bonds. The van der Waals surface area contributed by atoms with E-state index < -0.39 is 5.97 Å². The smallest absolute Gasteiger partial charge is 0.307 e. The molecule has 1 saturated heterocycles. The van der Waals surface area contributed by atoms with Gasteiger partial charge in [0.25, 0.3) is 5.91 Å². The number of amides is 1. The number of aliphatic carboxylic acids is 1. The quantitative estimate of drug-likeness (QED) is 0.880. The summed E-state index contributed by atoms with van der Waals surface area (Å²) in [7, 11) is 0. The molecule has 4 rings (SSSR count). The van der Waals surface area contributed by atoms with Gasteiger partial charge in [0.15, 0.2) is 0 Å². The van der Waals surface area contributed by atoms with Crippen LogP contribution in [0.5, 0.6) is 5.75 Å². The lowest BCUT2D eigenvalue weighted by Gasteiger charge is -2.32. The van der Waals surface area contributed by atoms with Gasteiger partial charge in [-0.3, -0.25) is 14.6 Å². The summed E-state index contributed by atoms with van der Waals surface area (Å²) in [6.07, 6.45) is 5.76. The Kier molecular flexibility index (Phi) is 4.56. The molecule has 6 nitrogen and oxygen atoms in total. The summed E-state index contributed by atoms with van der Waals surface area (Å²) in [5.74, 6) is -0.303. The maximum Gasteiger partial charge on any atom is 0.307 e. The number of hydrogen-bond acceptors (Lipinski definition) is 4. The molecule has 0 bridgehead atoms. The van der Waals surface area contributed by atoms with E-state index in [1.54, 1.807) is 24.5 Å². The lowest BCUT2D eigenvalue weighted by molar-refractivity contribution is -0.139. The fourth-order valence-electron chi connectivity index (χ4n) is 3.96. The second-order valence-electron chi connectivity index (χ2n) is 7.43. The molecule has 1 saturated carbocycles. The third-order valence-electron chi connectivity index (χ3n) is 5.74. The molecular weight excluding hydrogens is 344 g/mol. The van der Waals surface area contributed by atoms with Crippen molar-refractivity contribution < 1.29 is 19.4 Å². The topological polar surface area (TPSA) is 79.7 Å². The number of rotatable bonds is 5. The summed E-state index contributed by atoms with van der Waals surface area (Å²) in [6.45, 7) is 1.63. The molecule has 1 spiro atoms. The number of carboxylic acid groups (broad SMARTS) is 1. The van der Waals surface area contributed by atoms with Crippen LogP contribution in [-0.4, -0.2) is 40.0 Å². The van der Waals surface area contributed by atoms with Gasteiger partial charge in [-0.05, 0) is 48.9 Å². The highest BCUT2D eigenvalue weighted by molar-refractivity contribution is 5.94. The van der Waals surface area contributed by atoms with Gasteiger partial charge in [-0.15, -0.1) is 0 Å². The van der Waals surface area contributed by atoms with Crippen molar-refractivity contribution in [2.75, 3.05) is 13.1 Å². The average molecular weight is 366 g/mol. The van der Waals surface area contributed by atoms with Crippen LogP contribution in [0.25, 0.3) is 0 Å². The number of aromatic nitrogens is 1. The predicted molar refractivity (Wildman–Crippen MR) is 98.3 cm³/mol. The van der Waals surface area contributed by atoms with E-state index in [1.807, 2.05) is 29.2 Å². The minimum atomic E-state index is -0.701. The number of carboxylic acids is 1. The molecular formula is C21H22N2O4. The normalized spacial score (nSPS) is 20.3. The minimum absolute atomic E-state index is 0.0239. The van der Waals surface area contributed by atoms with E-state index in [2.05, 4.69) is 4.98 Å². The molecule has 1 N–H and O–H groups in total. The maximum atomic E-state index is 12.8. The molecule has 27 heavy (non-hydrogen) atoms. The van der Waals surface area contributed by atoms with Crippen molar-refractivity contribution in [2.45, 2.75) is 25.9 Å². The fourth-order valence-corrected chi connectivity index (χ4v) is 3.96. The SMILES string of the molecule is O=C(O)C1CC12CCN(C(=O)c1cccc(OCc3cccnc3)c1)CC2. The Hall–Kier alpha value is -2.89. The number of likely N-dealkylation sites (tertiary alicyclic amines) is 1. The third kappa shape index (κ3) is 3.65. The third-order valence-corrected chi connectivity index (χ3v) is 5.74. The fraction of sp³-hybridized carbons (Fsp3) is 0.381. The Morgan fingerprint density at radius 2 is 2.04 bits per heavy atom. The van der Waals surface area contributed by atoms with E-state index in [0.29, 0.717) is 31.0 Å². The Morgan fingerprint density at radius 1 is 1.22 bits per heavy atom. The lowest BCUT2D eigenvalue weighted by Crippen LogP contribution is -2.40. The summed E-state index contributed by atoms with van der Waals surface area (Å²) in [6, 6.07) is 11.0. The molecule has 1 unspecified atom stereocenters. The van der Waals surface area contributed by atoms with Gasteiger partial charge in [-0.2, -0.15) is 0 Å². The van der Waals surface area contributed by atoms with Crippen molar-refractivity contribution in [1.82, 2.24) is 9.88 Å². The van der Waals surface area contributed by atoms with Gasteiger partial charge in [0.2, 0.25) is 0 Å². The van der Waals surface area contributed by atoms with Crippen LogP contribution in [-0.2, 0) is 11.4 Å². The molecule has 1 aromatic carbocycles. The second kappa shape index (κ2) is 7.02. The molecule has 2 heterocycles. The molecule has 1 atom stereocenters. The highest BCUT2D eigenvalue weighted by atomic mass is 16.5. The number of piperidine rings is 1. The summed E-state index contributed by atoms with van der Waals surface area (Å²) < 4.78 is 5.78. The molecule has 0 radical (unpaired) electrons. The summed E-state index contributed by atoms with van der Waals surface area (Å²) in [4.78, 5) is 29.9. The van der Waals surface area contributed by atoms with Crippen LogP contribution in [0.3, 0.4) is 0 Å². The van der Waals surface area contributed by atoms with Crippen LogP contribution in [0.2, 0.25) is 0 Å². The van der Waals surface area contributed by atoms with E-state index in [9.17, 15) is 14.7 Å². The zero-order valence-electron chi connectivity index (χ0n) is 15.0. The van der Waals surface area contributed by atoms with Gasteiger partial charge in [-0.25, -0.2) is 0 Å². The van der Waals surface area contributed by atoms with Crippen LogP contribution in [0.15, 0.2) is 48.8 Å². The lowest BCUT2D eigenvalue weighted by atomic mass is 9.90. The zero-order valence-corrected chi connectivity index (χ0v) is 15.0. The molecule has 2 aliphatic rings. The maximum absolute atomic E-state index is 12.8. The predicted octanol–water partition coefficient (Wildman–Crippen LogP) is 2.99. The van der Waals surface area contributed by atoms with Crippen molar-refractivity contribution in [1.29, 1.82) is 0 Å². The monoisotopic (exact) mass is 366 g/mol. The average Bonchev–Trinajstić information content (AvgIpc) is 3.41. The van der Waals surface area contributed by atoms with Crippen molar-refractivity contribution in [3.05, 3.63) is 59.9 Å². The minimum Gasteiger partial charge on any atom is -0.489 e.